The molecule has 11 nitrogen and oxygen atoms in total. The van der Waals surface area contributed by atoms with Crippen LogP contribution in [0, 0.1) is 11.6 Å². The van der Waals surface area contributed by atoms with Gasteiger partial charge in [0.25, 0.3) is 0 Å². The Labute approximate surface area is 289 Å². The minimum absolute atomic E-state index is 0.0557. The summed E-state index contributed by atoms with van der Waals surface area (Å²) in [6, 6.07) is 6.23. The highest BCUT2D eigenvalue weighted by atomic mass is 32.2. The van der Waals surface area contributed by atoms with Crippen molar-refractivity contribution in [3.8, 4) is 23.0 Å². The van der Waals surface area contributed by atoms with Gasteiger partial charge < -0.3 is 19.1 Å². The fourth-order valence-corrected chi connectivity index (χ4v) is 9.13. The summed E-state index contributed by atoms with van der Waals surface area (Å²) in [7, 11) is -0.737. The molecule has 0 aliphatic carbocycles. The van der Waals surface area contributed by atoms with Crippen LogP contribution in [0.3, 0.4) is 0 Å². The summed E-state index contributed by atoms with van der Waals surface area (Å²) in [4.78, 5) is 17.7. The molecule has 1 unspecified atom stereocenters. The van der Waals surface area contributed by atoms with Crippen molar-refractivity contribution in [2.75, 3.05) is 58.6 Å². The number of rotatable bonds is 11. The lowest BCUT2D eigenvalue weighted by molar-refractivity contribution is 0.0512. The van der Waals surface area contributed by atoms with E-state index in [-0.39, 0.29) is 48.4 Å². The van der Waals surface area contributed by atoms with E-state index >= 15 is 8.78 Å². The van der Waals surface area contributed by atoms with Crippen molar-refractivity contribution in [2.24, 2.45) is 0 Å². The molecule has 4 aromatic rings. The number of anilines is 1. The maximum absolute atomic E-state index is 17.1. The van der Waals surface area contributed by atoms with Crippen molar-refractivity contribution < 1.29 is 35.8 Å². The van der Waals surface area contributed by atoms with Gasteiger partial charge in [-0.2, -0.15) is 9.97 Å². The molecule has 0 spiro atoms. The maximum atomic E-state index is 17.1. The average Bonchev–Trinajstić information content (AvgIpc) is 3.65. The summed E-state index contributed by atoms with van der Waals surface area (Å²) in [5.41, 5.74) is 0.0458. The van der Waals surface area contributed by atoms with Crippen LogP contribution in [0.15, 0.2) is 30.5 Å². The predicted octanol–water partition coefficient (Wildman–Crippen LogP) is 5.14. The second-order valence-corrected chi connectivity index (χ2v) is 15.5. The molecule has 0 bridgehead atoms. The summed E-state index contributed by atoms with van der Waals surface area (Å²) in [5, 5.41) is 0.674. The number of hydrogen-bond donors (Lipinski definition) is 1. The van der Waals surface area contributed by atoms with Crippen molar-refractivity contribution in [3.05, 3.63) is 47.7 Å². The number of fused-ring (bicyclic) bond motifs is 3. The van der Waals surface area contributed by atoms with Crippen LogP contribution in [0.2, 0.25) is 0 Å². The lowest BCUT2D eigenvalue weighted by Crippen LogP contribution is -2.46. The Morgan fingerprint density at radius 2 is 1.94 bits per heavy atom. The first-order valence-corrected chi connectivity index (χ1v) is 18.5. The molecule has 7 rings (SSSR count). The van der Waals surface area contributed by atoms with Gasteiger partial charge in [0.15, 0.2) is 12.6 Å². The molecular weight excluding hydrogens is 673 g/mol. The van der Waals surface area contributed by atoms with Crippen LogP contribution in [0.4, 0.5) is 19.0 Å². The number of hydrogen-bond acceptors (Lipinski definition) is 10. The van der Waals surface area contributed by atoms with Crippen LogP contribution in [0.25, 0.3) is 32.9 Å². The monoisotopic (exact) mass is 714 g/mol. The number of benzene rings is 2. The minimum atomic E-state index is -3.60. The number of nitrogens with zero attached hydrogens (tertiary/aromatic N) is 5. The number of sulfonamides is 1. The van der Waals surface area contributed by atoms with Gasteiger partial charge in [0.2, 0.25) is 10.0 Å². The van der Waals surface area contributed by atoms with Crippen molar-refractivity contribution in [1.29, 1.82) is 0 Å². The van der Waals surface area contributed by atoms with E-state index in [1.165, 1.54) is 26.4 Å². The summed E-state index contributed by atoms with van der Waals surface area (Å²) in [5.74, 6) is -0.539. The summed E-state index contributed by atoms with van der Waals surface area (Å²) >= 11 is 0. The fourth-order valence-electron chi connectivity index (χ4n) is 7.94. The third-order valence-corrected chi connectivity index (χ3v) is 12.2. The lowest BCUT2D eigenvalue weighted by Gasteiger charge is -2.34. The van der Waals surface area contributed by atoms with Gasteiger partial charge in [0.05, 0.1) is 16.2 Å². The third kappa shape index (κ3) is 6.22. The number of aryl methyl sites for hydroxylation is 1. The Bertz CT molecular complexity index is 2040. The Morgan fingerprint density at radius 1 is 1.10 bits per heavy atom. The molecule has 3 fully saturated rings. The van der Waals surface area contributed by atoms with Crippen LogP contribution >= 0.6 is 0 Å². The minimum Gasteiger partial charge on any atom is -0.468 e. The summed E-state index contributed by atoms with van der Waals surface area (Å²) in [6.07, 6.45) is 3.86. The van der Waals surface area contributed by atoms with Gasteiger partial charge in [-0.3, -0.25) is 9.88 Å². The highest BCUT2D eigenvalue weighted by molar-refractivity contribution is 7.90. The average molecular weight is 715 g/mol. The molecule has 0 saturated carbocycles. The third-order valence-electron chi connectivity index (χ3n) is 10.4. The van der Waals surface area contributed by atoms with E-state index < -0.39 is 38.6 Å². The number of aromatic nitrogens is 3. The molecule has 3 saturated heterocycles. The van der Waals surface area contributed by atoms with Gasteiger partial charge in [-0.15, -0.1) is 0 Å². The Morgan fingerprint density at radius 3 is 2.72 bits per heavy atom. The molecule has 15 heteroatoms. The number of methoxy groups -OCH3 is 1. The van der Waals surface area contributed by atoms with E-state index in [1.54, 1.807) is 23.1 Å². The van der Waals surface area contributed by atoms with Crippen LogP contribution in [-0.4, -0.2) is 99.0 Å². The first kappa shape index (κ1) is 34.6. The van der Waals surface area contributed by atoms with Crippen LogP contribution in [0.5, 0.6) is 11.8 Å². The molecule has 3 aliphatic rings. The zero-order valence-electron chi connectivity index (χ0n) is 28.3. The van der Waals surface area contributed by atoms with Gasteiger partial charge in [0, 0.05) is 44.9 Å². The van der Waals surface area contributed by atoms with Crippen molar-refractivity contribution >= 4 is 37.5 Å². The van der Waals surface area contributed by atoms with Crippen molar-refractivity contribution in [2.45, 2.75) is 62.4 Å². The van der Waals surface area contributed by atoms with E-state index in [4.69, 9.17) is 19.2 Å². The number of alkyl halides is 1. The molecule has 50 heavy (non-hydrogen) atoms. The molecule has 3 aliphatic heterocycles. The van der Waals surface area contributed by atoms with Crippen LogP contribution < -0.4 is 19.1 Å². The molecule has 0 amide bonds. The first-order valence-electron chi connectivity index (χ1n) is 17.0. The van der Waals surface area contributed by atoms with E-state index in [0.717, 1.165) is 19.4 Å². The predicted molar refractivity (Wildman–Crippen MR) is 184 cm³/mol. The number of ether oxygens (including phenoxy) is 3. The van der Waals surface area contributed by atoms with Crippen molar-refractivity contribution in [1.82, 2.24) is 24.6 Å². The van der Waals surface area contributed by atoms with Gasteiger partial charge >= 0.3 is 6.01 Å². The summed E-state index contributed by atoms with van der Waals surface area (Å²) in [6.45, 7) is 3.58. The largest absolute Gasteiger partial charge is 0.468 e. The second kappa shape index (κ2) is 13.7. The number of pyridine rings is 1. The smallest absolute Gasteiger partial charge is 0.319 e. The van der Waals surface area contributed by atoms with Gasteiger partial charge in [-0.1, -0.05) is 13.0 Å². The van der Waals surface area contributed by atoms with E-state index in [9.17, 15) is 12.8 Å². The Balaban J connectivity index is 1.38. The quantitative estimate of drug-likeness (QED) is 0.209. The van der Waals surface area contributed by atoms with Crippen LogP contribution in [-0.2, 0) is 21.2 Å². The van der Waals surface area contributed by atoms with E-state index in [1.807, 2.05) is 6.92 Å². The maximum Gasteiger partial charge on any atom is 0.319 e. The normalized spacial score (nSPS) is 22.8. The van der Waals surface area contributed by atoms with Crippen LogP contribution in [0.1, 0.15) is 44.6 Å². The van der Waals surface area contributed by atoms with E-state index in [2.05, 4.69) is 19.6 Å². The number of piperidine rings is 1. The molecular formula is C35H41F3N6O5S. The standard InChI is InChI=1S/C35H41F3N6O5S/c1-4-25-28(37)9-8-21-13-23(49-20-47-3)14-26(29(21)25)31-30(38)32-27(16-40-31)33(43-11-5-7-24(18-43)50(45,46)39-2)42-34(41-32)48-19-35-10-6-12-44(35)17-22(36)15-35/h8-9,13-14,16,22,24,39H,4-7,10-12,15,17-20H2,1-3H3/t22-,24?,35+/m1/s1. The molecule has 5 heterocycles. The number of halogens is 3. The molecule has 2 aromatic carbocycles. The molecule has 268 valence electrons. The topological polar surface area (TPSA) is 119 Å². The first-order chi connectivity index (χ1) is 24.1. The van der Waals surface area contributed by atoms with Crippen molar-refractivity contribution in [3.63, 3.8) is 0 Å². The fraction of sp³-hybridized carbons (Fsp3) is 0.514. The number of nitrogens with one attached hydrogen (secondary N) is 1. The molecule has 3 atom stereocenters. The Kier molecular flexibility index (Phi) is 9.52. The zero-order chi connectivity index (χ0) is 35.2. The molecule has 0 radical (unpaired) electrons. The lowest BCUT2D eigenvalue weighted by atomic mass is 9.94. The Hall–Kier alpha value is -3.79. The SMILES string of the molecule is CCc1c(F)ccc2cc(OCOC)cc(-c3ncc4c(N5CCCC(S(=O)(=O)NC)C5)nc(OC[C@@]56CCCN5C[C@H](F)C6)nc4c3F)c12. The highest BCUT2D eigenvalue weighted by Crippen LogP contribution is 2.42. The molecule has 1 N–H and O–H groups in total. The second-order valence-electron chi connectivity index (χ2n) is 13.3. The van der Waals surface area contributed by atoms with Gasteiger partial charge in [-0.05, 0) is 80.2 Å². The summed E-state index contributed by atoms with van der Waals surface area (Å²) < 4.78 is 92.0. The van der Waals surface area contributed by atoms with Gasteiger partial charge in [0.1, 0.15) is 41.4 Å². The highest BCUT2D eigenvalue weighted by Gasteiger charge is 2.49. The van der Waals surface area contributed by atoms with Gasteiger partial charge in [-0.25, -0.2) is 26.3 Å². The zero-order valence-corrected chi connectivity index (χ0v) is 29.2. The molecule has 2 aromatic heterocycles. The van der Waals surface area contributed by atoms with E-state index in [0.29, 0.717) is 66.4 Å².